The van der Waals surface area contributed by atoms with Crippen LogP contribution in [0, 0.1) is 28.1 Å². The lowest BCUT2D eigenvalue weighted by atomic mass is 9.67. The van der Waals surface area contributed by atoms with Crippen molar-refractivity contribution in [3.8, 4) is 0 Å². The van der Waals surface area contributed by atoms with Gasteiger partial charge in [-0.05, 0) is 40.9 Å². The Labute approximate surface area is 69.4 Å². The van der Waals surface area contributed by atoms with Crippen LogP contribution in [0.2, 0.25) is 0 Å². The van der Waals surface area contributed by atoms with E-state index in [1.165, 1.54) is 12.8 Å². The molecule has 0 heterocycles. The SMILES string of the molecule is CC12CC3C(C1)C3(C)C2(C)C. The highest BCUT2D eigenvalue weighted by Crippen LogP contribution is 2.90. The maximum Gasteiger partial charge on any atom is -0.0207 e. The van der Waals surface area contributed by atoms with Crippen LogP contribution in [-0.2, 0) is 0 Å². The quantitative estimate of drug-likeness (QED) is 0.498. The average molecular weight is 150 g/mol. The molecule has 4 saturated carbocycles. The van der Waals surface area contributed by atoms with Crippen molar-refractivity contribution in [3.63, 3.8) is 0 Å². The van der Waals surface area contributed by atoms with Crippen LogP contribution in [0.3, 0.4) is 0 Å². The molecule has 4 rings (SSSR count). The van der Waals surface area contributed by atoms with Crippen LogP contribution < -0.4 is 0 Å². The molecule has 0 amide bonds. The van der Waals surface area contributed by atoms with E-state index in [9.17, 15) is 0 Å². The van der Waals surface area contributed by atoms with E-state index in [0.717, 1.165) is 17.3 Å². The summed E-state index contributed by atoms with van der Waals surface area (Å²) in [6.45, 7) is 10.0. The van der Waals surface area contributed by atoms with Gasteiger partial charge in [0.05, 0.1) is 0 Å². The maximum absolute atomic E-state index is 2.53. The molecule has 0 saturated heterocycles. The van der Waals surface area contributed by atoms with Gasteiger partial charge in [0.25, 0.3) is 0 Å². The highest BCUT2D eigenvalue weighted by atomic mass is 14.9. The zero-order valence-corrected chi connectivity index (χ0v) is 8.07. The summed E-state index contributed by atoms with van der Waals surface area (Å²) in [5.41, 5.74) is 2.09. The molecule has 2 atom stereocenters. The van der Waals surface area contributed by atoms with E-state index in [0.29, 0.717) is 10.8 Å². The van der Waals surface area contributed by atoms with Crippen LogP contribution in [0.1, 0.15) is 40.5 Å². The summed E-state index contributed by atoms with van der Waals surface area (Å²) in [5.74, 6) is 2.23. The van der Waals surface area contributed by atoms with Crippen molar-refractivity contribution in [3.05, 3.63) is 0 Å². The molecule has 0 N–H and O–H groups in total. The lowest BCUT2D eigenvalue weighted by molar-refractivity contribution is 0.113. The predicted molar refractivity (Wildman–Crippen MR) is 46.2 cm³/mol. The Balaban J connectivity index is 2.20. The first-order valence-electron chi connectivity index (χ1n) is 4.93. The molecule has 0 heteroatoms. The minimum Gasteiger partial charge on any atom is -0.0591 e. The summed E-state index contributed by atoms with van der Waals surface area (Å²) in [7, 11) is 0. The summed E-state index contributed by atoms with van der Waals surface area (Å²) in [6, 6.07) is 0. The Morgan fingerprint density at radius 2 is 1.36 bits per heavy atom. The van der Waals surface area contributed by atoms with Gasteiger partial charge in [-0.3, -0.25) is 0 Å². The van der Waals surface area contributed by atoms with Gasteiger partial charge in [-0.1, -0.05) is 27.7 Å². The molecule has 4 aliphatic rings. The van der Waals surface area contributed by atoms with Crippen LogP contribution >= 0.6 is 0 Å². The van der Waals surface area contributed by atoms with Crippen molar-refractivity contribution in [1.82, 2.24) is 0 Å². The van der Waals surface area contributed by atoms with Gasteiger partial charge in [0, 0.05) is 0 Å². The number of hydrogen-bond acceptors (Lipinski definition) is 0. The van der Waals surface area contributed by atoms with E-state index in [-0.39, 0.29) is 0 Å². The second-order valence-corrected chi connectivity index (χ2v) is 6.09. The molecule has 4 fully saturated rings. The molecule has 4 bridgehead atoms. The van der Waals surface area contributed by atoms with Gasteiger partial charge in [0.1, 0.15) is 0 Å². The molecule has 2 unspecified atom stereocenters. The Morgan fingerprint density at radius 1 is 0.909 bits per heavy atom. The fourth-order valence-corrected chi connectivity index (χ4v) is 4.55. The molecule has 11 heavy (non-hydrogen) atoms. The van der Waals surface area contributed by atoms with E-state index >= 15 is 0 Å². The molecule has 0 aromatic rings. The van der Waals surface area contributed by atoms with E-state index in [2.05, 4.69) is 27.7 Å². The largest absolute Gasteiger partial charge is 0.0591 e. The Hall–Kier alpha value is 0. The molecule has 0 aromatic heterocycles. The first-order valence-corrected chi connectivity index (χ1v) is 4.93. The smallest absolute Gasteiger partial charge is 0.0207 e. The van der Waals surface area contributed by atoms with Crippen LogP contribution in [0.4, 0.5) is 0 Å². The Bertz CT molecular complexity index is 218. The predicted octanol–water partition coefficient (Wildman–Crippen LogP) is 3.08. The number of hydrogen-bond donors (Lipinski definition) is 0. The minimum atomic E-state index is 0.634. The normalized spacial score (nSPS) is 68.7. The van der Waals surface area contributed by atoms with Crippen LogP contribution in [0.5, 0.6) is 0 Å². The van der Waals surface area contributed by atoms with Crippen LogP contribution in [0.25, 0.3) is 0 Å². The van der Waals surface area contributed by atoms with Crippen molar-refractivity contribution >= 4 is 0 Å². The zero-order valence-electron chi connectivity index (χ0n) is 8.07. The third-order valence-corrected chi connectivity index (χ3v) is 6.11. The second kappa shape index (κ2) is 1.20. The lowest BCUT2D eigenvalue weighted by Crippen LogP contribution is -2.30. The molecule has 4 aliphatic carbocycles. The Morgan fingerprint density at radius 3 is 1.45 bits per heavy atom. The second-order valence-electron chi connectivity index (χ2n) is 6.09. The van der Waals surface area contributed by atoms with E-state index < -0.39 is 0 Å². The molecule has 0 radical (unpaired) electrons. The van der Waals surface area contributed by atoms with E-state index in [1.54, 1.807) is 0 Å². The minimum absolute atomic E-state index is 0.634. The standard InChI is InChI=1S/C11H18/c1-9(2)10(3)5-7-8(6-10)11(7,9)4/h7-8H,5-6H2,1-4H3. The third-order valence-electron chi connectivity index (χ3n) is 6.11. The van der Waals surface area contributed by atoms with Crippen LogP contribution in [-0.4, -0.2) is 0 Å². The molecule has 0 aliphatic heterocycles. The Kier molecular flexibility index (Phi) is 0.709. The van der Waals surface area contributed by atoms with Crippen LogP contribution in [0.15, 0.2) is 0 Å². The fraction of sp³-hybridized carbons (Fsp3) is 1.00. The number of rotatable bonds is 0. The third kappa shape index (κ3) is 0.363. The van der Waals surface area contributed by atoms with Gasteiger partial charge in [0.2, 0.25) is 0 Å². The highest BCUT2D eigenvalue weighted by molar-refractivity contribution is 5.31. The molecular weight excluding hydrogens is 132 g/mol. The van der Waals surface area contributed by atoms with Gasteiger partial charge in [-0.2, -0.15) is 0 Å². The van der Waals surface area contributed by atoms with Gasteiger partial charge in [0.15, 0.2) is 0 Å². The maximum atomic E-state index is 2.53. The van der Waals surface area contributed by atoms with Gasteiger partial charge in [-0.25, -0.2) is 0 Å². The van der Waals surface area contributed by atoms with Gasteiger partial charge >= 0.3 is 0 Å². The van der Waals surface area contributed by atoms with Crippen molar-refractivity contribution in [2.45, 2.75) is 40.5 Å². The van der Waals surface area contributed by atoms with E-state index in [4.69, 9.17) is 0 Å². The fourth-order valence-electron chi connectivity index (χ4n) is 4.55. The van der Waals surface area contributed by atoms with Crippen molar-refractivity contribution in [1.29, 1.82) is 0 Å². The molecular formula is C11H18. The van der Waals surface area contributed by atoms with Crippen molar-refractivity contribution < 1.29 is 0 Å². The molecule has 62 valence electrons. The molecule has 0 nitrogen and oxygen atoms in total. The highest BCUT2D eigenvalue weighted by Gasteiger charge is 2.83. The van der Waals surface area contributed by atoms with Crippen molar-refractivity contribution in [2.24, 2.45) is 28.1 Å². The van der Waals surface area contributed by atoms with Gasteiger partial charge in [-0.15, -0.1) is 0 Å². The first kappa shape index (κ1) is 6.51. The first-order chi connectivity index (χ1) is 4.93. The average Bonchev–Trinajstić information content (AvgIpc) is 2.20. The lowest BCUT2D eigenvalue weighted by Gasteiger charge is -2.37. The topological polar surface area (TPSA) is 0 Å². The summed E-state index contributed by atoms with van der Waals surface area (Å²) in [4.78, 5) is 0. The molecule has 0 aromatic carbocycles. The summed E-state index contributed by atoms with van der Waals surface area (Å²) in [5, 5.41) is 0. The monoisotopic (exact) mass is 150 g/mol. The molecule has 0 spiro atoms. The van der Waals surface area contributed by atoms with Gasteiger partial charge < -0.3 is 0 Å². The summed E-state index contributed by atoms with van der Waals surface area (Å²) in [6.07, 6.45) is 3.06. The summed E-state index contributed by atoms with van der Waals surface area (Å²) >= 11 is 0. The zero-order chi connectivity index (χ0) is 8.07. The van der Waals surface area contributed by atoms with Crippen molar-refractivity contribution in [2.75, 3.05) is 0 Å². The van der Waals surface area contributed by atoms with E-state index in [1.807, 2.05) is 0 Å². The summed E-state index contributed by atoms with van der Waals surface area (Å²) < 4.78 is 0.